The number of nitrogens with zero attached hydrogens (tertiary/aromatic N) is 2. The van der Waals surface area contributed by atoms with Gasteiger partial charge in [-0.15, -0.1) is 0 Å². The fraction of sp³-hybridized carbons (Fsp3) is 0. The number of aromatic nitrogens is 2. The second-order valence-electron chi connectivity index (χ2n) is 2.29. The zero-order valence-corrected chi connectivity index (χ0v) is 7.82. The molecule has 0 aliphatic carbocycles. The standard InChI is InChI=1S/C7H6IN3/c8-7-6-3-5(9)1-2-11(6)4-10-7/h1-4H,9H2. The molecule has 4 heteroatoms. The predicted octanol–water partition coefficient (Wildman–Crippen LogP) is 1.52. The molecule has 2 N–H and O–H groups in total. The van der Waals surface area contributed by atoms with Gasteiger partial charge in [0.05, 0.1) is 5.52 Å². The zero-order valence-electron chi connectivity index (χ0n) is 5.66. The summed E-state index contributed by atoms with van der Waals surface area (Å²) in [4.78, 5) is 4.13. The Labute approximate surface area is 77.4 Å². The number of rotatable bonds is 0. The Morgan fingerprint density at radius 3 is 3.18 bits per heavy atom. The Balaban J connectivity index is 2.87. The molecule has 2 aromatic heterocycles. The van der Waals surface area contributed by atoms with Crippen LogP contribution in [0.5, 0.6) is 0 Å². The molecule has 56 valence electrons. The van der Waals surface area contributed by atoms with E-state index in [4.69, 9.17) is 5.73 Å². The van der Waals surface area contributed by atoms with Gasteiger partial charge >= 0.3 is 0 Å². The lowest BCUT2D eigenvalue weighted by atomic mass is 10.4. The lowest BCUT2D eigenvalue weighted by Crippen LogP contribution is -1.87. The van der Waals surface area contributed by atoms with E-state index < -0.39 is 0 Å². The molecular formula is C7H6IN3. The first-order valence-corrected chi connectivity index (χ1v) is 4.23. The van der Waals surface area contributed by atoms with Gasteiger partial charge in [0, 0.05) is 11.9 Å². The van der Waals surface area contributed by atoms with E-state index >= 15 is 0 Å². The van der Waals surface area contributed by atoms with Gasteiger partial charge in [0.2, 0.25) is 0 Å². The van der Waals surface area contributed by atoms with Crippen LogP contribution in [0.3, 0.4) is 0 Å². The molecule has 3 nitrogen and oxygen atoms in total. The van der Waals surface area contributed by atoms with E-state index in [0.717, 1.165) is 14.9 Å². The van der Waals surface area contributed by atoms with Crippen molar-refractivity contribution in [3.63, 3.8) is 0 Å². The van der Waals surface area contributed by atoms with Crippen LogP contribution in [0, 0.1) is 3.70 Å². The minimum absolute atomic E-state index is 0.774. The quantitative estimate of drug-likeness (QED) is 0.729. The second-order valence-corrected chi connectivity index (χ2v) is 3.31. The van der Waals surface area contributed by atoms with Crippen molar-refractivity contribution in [3.8, 4) is 0 Å². The van der Waals surface area contributed by atoms with E-state index in [1.54, 1.807) is 6.33 Å². The van der Waals surface area contributed by atoms with Crippen LogP contribution in [0.25, 0.3) is 5.52 Å². The molecule has 0 saturated carbocycles. The first kappa shape index (κ1) is 6.90. The van der Waals surface area contributed by atoms with E-state index in [-0.39, 0.29) is 0 Å². The van der Waals surface area contributed by atoms with Crippen LogP contribution in [-0.2, 0) is 0 Å². The van der Waals surface area contributed by atoms with Crippen LogP contribution in [0.1, 0.15) is 0 Å². The molecule has 0 radical (unpaired) electrons. The van der Waals surface area contributed by atoms with E-state index in [2.05, 4.69) is 27.6 Å². The van der Waals surface area contributed by atoms with E-state index in [0.29, 0.717) is 0 Å². The monoisotopic (exact) mass is 259 g/mol. The number of fused-ring (bicyclic) bond motifs is 1. The highest BCUT2D eigenvalue weighted by atomic mass is 127. The maximum absolute atomic E-state index is 5.61. The topological polar surface area (TPSA) is 43.3 Å². The van der Waals surface area contributed by atoms with Gasteiger partial charge in [-0.05, 0) is 34.7 Å². The van der Waals surface area contributed by atoms with Crippen molar-refractivity contribution in [1.82, 2.24) is 9.38 Å². The summed E-state index contributed by atoms with van der Waals surface area (Å²) in [5, 5.41) is 0. The van der Waals surface area contributed by atoms with Crippen LogP contribution in [0.2, 0.25) is 0 Å². The molecule has 0 aromatic carbocycles. The number of hydrogen-bond acceptors (Lipinski definition) is 2. The number of nitrogen functional groups attached to an aromatic ring is 1. The Morgan fingerprint density at radius 2 is 2.36 bits per heavy atom. The number of anilines is 1. The van der Waals surface area contributed by atoms with Gasteiger partial charge < -0.3 is 10.1 Å². The summed E-state index contributed by atoms with van der Waals surface area (Å²) in [5.74, 6) is 0. The lowest BCUT2D eigenvalue weighted by molar-refractivity contribution is 1.15. The van der Waals surface area contributed by atoms with Crippen molar-refractivity contribution in [3.05, 3.63) is 28.4 Å². The van der Waals surface area contributed by atoms with Crippen molar-refractivity contribution in [1.29, 1.82) is 0 Å². The number of imidazole rings is 1. The van der Waals surface area contributed by atoms with Gasteiger partial charge in [0.1, 0.15) is 10.0 Å². The summed E-state index contributed by atoms with van der Waals surface area (Å²) in [6, 6.07) is 3.76. The summed E-state index contributed by atoms with van der Waals surface area (Å²) in [6.45, 7) is 0. The van der Waals surface area contributed by atoms with Gasteiger partial charge in [0.25, 0.3) is 0 Å². The molecule has 2 rings (SSSR count). The lowest BCUT2D eigenvalue weighted by Gasteiger charge is -1.94. The number of halogens is 1. The Morgan fingerprint density at radius 1 is 1.55 bits per heavy atom. The fourth-order valence-corrected chi connectivity index (χ4v) is 1.53. The molecule has 0 spiro atoms. The maximum Gasteiger partial charge on any atom is 0.127 e. The Bertz CT molecular complexity index is 393. The van der Waals surface area contributed by atoms with Crippen molar-refractivity contribution in [2.45, 2.75) is 0 Å². The smallest absolute Gasteiger partial charge is 0.127 e. The molecule has 0 amide bonds. The highest BCUT2D eigenvalue weighted by Gasteiger charge is 1.98. The van der Waals surface area contributed by atoms with Crippen LogP contribution in [0.15, 0.2) is 24.7 Å². The zero-order chi connectivity index (χ0) is 7.84. The summed E-state index contributed by atoms with van der Waals surface area (Å²) in [5.41, 5.74) is 7.44. The van der Waals surface area contributed by atoms with Crippen molar-refractivity contribution >= 4 is 33.8 Å². The van der Waals surface area contributed by atoms with E-state index in [1.165, 1.54) is 0 Å². The minimum Gasteiger partial charge on any atom is -0.399 e. The molecular weight excluding hydrogens is 253 g/mol. The van der Waals surface area contributed by atoms with Crippen molar-refractivity contribution < 1.29 is 0 Å². The molecule has 11 heavy (non-hydrogen) atoms. The SMILES string of the molecule is Nc1ccn2cnc(I)c2c1. The summed E-state index contributed by atoms with van der Waals surface area (Å²) >= 11 is 2.18. The third kappa shape index (κ3) is 1.07. The normalized spacial score (nSPS) is 10.6. The fourth-order valence-electron chi connectivity index (χ4n) is 0.973. The molecule has 2 heterocycles. The van der Waals surface area contributed by atoms with Gasteiger partial charge in [-0.1, -0.05) is 0 Å². The molecule has 0 fully saturated rings. The first-order chi connectivity index (χ1) is 5.27. The number of nitrogens with two attached hydrogens (primary N) is 1. The predicted molar refractivity (Wildman–Crippen MR) is 52.3 cm³/mol. The van der Waals surface area contributed by atoms with Gasteiger partial charge in [0.15, 0.2) is 0 Å². The Hall–Kier alpha value is -0.780. The van der Waals surface area contributed by atoms with Crippen LogP contribution in [-0.4, -0.2) is 9.38 Å². The van der Waals surface area contributed by atoms with E-state index in [9.17, 15) is 0 Å². The largest absolute Gasteiger partial charge is 0.399 e. The van der Waals surface area contributed by atoms with Crippen LogP contribution >= 0.6 is 22.6 Å². The maximum atomic E-state index is 5.61. The van der Waals surface area contributed by atoms with Crippen LogP contribution in [0.4, 0.5) is 5.69 Å². The number of hydrogen-bond donors (Lipinski definition) is 1. The summed E-state index contributed by atoms with van der Waals surface area (Å²) in [7, 11) is 0. The molecule has 0 bridgehead atoms. The average molecular weight is 259 g/mol. The molecule has 0 saturated heterocycles. The van der Waals surface area contributed by atoms with Crippen molar-refractivity contribution in [2.24, 2.45) is 0 Å². The molecule has 0 unspecified atom stereocenters. The summed E-state index contributed by atoms with van der Waals surface area (Å²) in [6.07, 6.45) is 3.68. The van der Waals surface area contributed by atoms with Crippen molar-refractivity contribution in [2.75, 3.05) is 5.73 Å². The highest BCUT2D eigenvalue weighted by molar-refractivity contribution is 14.1. The van der Waals surface area contributed by atoms with Gasteiger partial charge in [-0.2, -0.15) is 0 Å². The molecule has 0 atom stereocenters. The molecule has 0 aliphatic rings. The number of pyridine rings is 1. The second kappa shape index (κ2) is 2.37. The van der Waals surface area contributed by atoms with Gasteiger partial charge in [-0.25, -0.2) is 4.98 Å². The summed E-state index contributed by atoms with van der Waals surface area (Å²) < 4.78 is 2.92. The van der Waals surface area contributed by atoms with Gasteiger partial charge in [-0.3, -0.25) is 0 Å². The third-order valence-corrected chi connectivity index (χ3v) is 2.35. The highest BCUT2D eigenvalue weighted by Crippen LogP contribution is 2.14. The van der Waals surface area contributed by atoms with Crippen LogP contribution < -0.4 is 5.73 Å². The Kier molecular flexibility index (Phi) is 1.49. The average Bonchev–Trinajstić information content (AvgIpc) is 2.33. The first-order valence-electron chi connectivity index (χ1n) is 3.15. The minimum atomic E-state index is 0.774. The van der Waals surface area contributed by atoms with E-state index in [1.807, 2.05) is 22.7 Å². The molecule has 2 aromatic rings. The molecule has 0 aliphatic heterocycles. The third-order valence-electron chi connectivity index (χ3n) is 1.52.